The molecule has 0 radical (unpaired) electrons. The summed E-state index contributed by atoms with van der Waals surface area (Å²) in [5.41, 5.74) is 5.22. The lowest BCUT2D eigenvalue weighted by Crippen LogP contribution is -2.38. The van der Waals surface area contributed by atoms with Crippen LogP contribution in [0.1, 0.15) is 36.2 Å². The van der Waals surface area contributed by atoms with Gasteiger partial charge in [0.1, 0.15) is 0 Å². The van der Waals surface area contributed by atoms with Crippen LogP contribution in [0.2, 0.25) is 0 Å². The Hall–Kier alpha value is -1.63. The van der Waals surface area contributed by atoms with Crippen LogP contribution >= 0.6 is 0 Å². The van der Waals surface area contributed by atoms with Crippen LogP contribution in [-0.2, 0) is 0 Å². The van der Waals surface area contributed by atoms with E-state index in [0.717, 1.165) is 25.7 Å². The molecule has 1 amide bonds. The van der Waals surface area contributed by atoms with Crippen LogP contribution in [0.15, 0.2) is 4.63 Å². The number of anilines is 1. The highest BCUT2D eigenvalue weighted by Gasteiger charge is 2.33. The molecule has 0 aromatic carbocycles. The molecule has 4 N–H and O–H groups in total. The van der Waals surface area contributed by atoms with Crippen LogP contribution in [0.25, 0.3) is 0 Å². The Morgan fingerprint density at radius 2 is 2.18 bits per heavy atom. The third-order valence-corrected chi connectivity index (χ3v) is 3.35. The fourth-order valence-corrected chi connectivity index (χ4v) is 2.22. The van der Waals surface area contributed by atoms with Gasteiger partial charge in [-0.1, -0.05) is 12.8 Å². The summed E-state index contributed by atoms with van der Waals surface area (Å²) in [4.78, 5) is 11.7. The zero-order chi connectivity index (χ0) is 12.3. The zero-order valence-electron chi connectivity index (χ0n) is 9.48. The molecule has 0 bridgehead atoms. The summed E-state index contributed by atoms with van der Waals surface area (Å²) in [7, 11) is 0. The molecule has 1 fully saturated rings. The molecule has 0 atom stereocenters. The molecule has 0 unspecified atom stereocenters. The summed E-state index contributed by atoms with van der Waals surface area (Å²) in [6, 6.07) is 0. The Kier molecular flexibility index (Phi) is 3.28. The number of nitrogen functional groups attached to an aromatic ring is 1. The van der Waals surface area contributed by atoms with E-state index >= 15 is 0 Å². The monoisotopic (exact) mass is 240 g/mol. The summed E-state index contributed by atoms with van der Waals surface area (Å²) in [5, 5.41) is 18.9. The summed E-state index contributed by atoms with van der Waals surface area (Å²) in [6.07, 6.45) is 4.03. The molecule has 17 heavy (non-hydrogen) atoms. The first-order chi connectivity index (χ1) is 8.17. The first kappa shape index (κ1) is 11.8. The smallest absolute Gasteiger partial charge is 0.277 e. The predicted octanol–water partition coefficient (Wildman–Crippen LogP) is -0.0657. The Bertz CT molecular complexity index is 398. The van der Waals surface area contributed by atoms with Gasteiger partial charge in [0, 0.05) is 12.0 Å². The van der Waals surface area contributed by atoms with E-state index in [1.807, 2.05) is 0 Å². The van der Waals surface area contributed by atoms with Gasteiger partial charge in [-0.25, -0.2) is 4.63 Å². The topological polar surface area (TPSA) is 114 Å². The number of amides is 1. The highest BCUT2D eigenvalue weighted by atomic mass is 16.6. The molecule has 0 spiro atoms. The number of carbonyl (C=O) groups excluding carboxylic acids is 1. The summed E-state index contributed by atoms with van der Waals surface area (Å²) in [5.74, 6) is -0.435. The zero-order valence-corrected chi connectivity index (χ0v) is 9.48. The first-order valence-electron chi connectivity index (χ1n) is 5.64. The van der Waals surface area contributed by atoms with Crippen molar-refractivity contribution in [3.63, 3.8) is 0 Å². The lowest BCUT2D eigenvalue weighted by atomic mass is 9.87. The average Bonchev–Trinajstić information content (AvgIpc) is 2.95. The van der Waals surface area contributed by atoms with Crippen LogP contribution in [-0.4, -0.2) is 34.5 Å². The number of hydrogen-bond acceptors (Lipinski definition) is 6. The maximum Gasteiger partial charge on any atom is 0.277 e. The highest BCUT2D eigenvalue weighted by Crippen LogP contribution is 2.36. The van der Waals surface area contributed by atoms with Gasteiger partial charge < -0.3 is 16.2 Å². The first-order valence-corrected chi connectivity index (χ1v) is 5.64. The second kappa shape index (κ2) is 4.70. The Labute approximate surface area is 98.3 Å². The number of nitrogens with one attached hydrogen (secondary N) is 1. The minimum absolute atomic E-state index is 0.00362. The van der Waals surface area contributed by atoms with E-state index in [-0.39, 0.29) is 23.5 Å². The highest BCUT2D eigenvalue weighted by molar-refractivity contribution is 5.95. The van der Waals surface area contributed by atoms with Crippen LogP contribution < -0.4 is 11.1 Å². The Morgan fingerprint density at radius 1 is 1.47 bits per heavy atom. The van der Waals surface area contributed by atoms with E-state index in [1.54, 1.807) is 0 Å². The lowest BCUT2D eigenvalue weighted by Gasteiger charge is -2.26. The fraction of sp³-hybridized carbons (Fsp3) is 0.700. The quantitative estimate of drug-likeness (QED) is 0.679. The normalized spacial score (nSPS) is 18.2. The maximum atomic E-state index is 11.7. The Balaban J connectivity index is 1.94. The van der Waals surface area contributed by atoms with Gasteiger partial charge in [0.05, 0.1) is 6.61 Å². The van der Waals surface area contributed by atoms with Crippen molar-refractivity contribution >= 4 is 11.7 Å². The van der Waals surface area contributed by atoms with Crippen LogP contribution in [0.3, 0.4) is 0 Å². The number of aromatic nitrogens is 2. The molecule has 7 nitrogen and oxygen atoms in total. The molecular formula is C10H16N4O3. The van der Waals surface area contributed by atoms with E-state index in [9.17, 15) is 9.90 Å². The van der Waals surface area contributed by atoms with Crippen molar-refractivity contribution in [1.29, 1.82) is 0 Å². The number of aliphatic hydroxyl groups excluding tert-OH is 1. The van der Waals surface area contributed by atoms with Crippen molar-refractivity contribution < 1.29 is 14.5 Å². The van der Waals surface area contributed by atoms with Gasteiger partial charge in [-0.05, 0) is 23.2 Å². The van der Waals surface area contributed by atoms with Gasteiger partial charge in [-0.15, -0.1) is 0 Å². The number of nitrogens with zero attached hydrogens (tertiary/aromatic N) is 2. The molecule has 1 saturated carbocycles. The van der Waals surface area contributed by atoms with E-state index in [2.05, 4.69) is 20.3 Å². The van der Waals surface area contributed by atoms with Crippen molar-refractivity contribution in [3.05, 3.63) is 5.69 Å². The minimum Gasteiger partial charge on any atom is -0.396 e. The molecule has 0 aliphatic heterocycles. The number of carbonyl (C=O) groups is 1. The van der Waals surface area contributed by atoms with Gasteiger partial charge in [-0.2, -0.15) is 0 Å². The third kappa shape index (κ3) is 2.38. The molecular weight excluding hydrogens is 224 g/mol. The summed E-state index contributed by atoms with van der Waals surface area (Å²) < 4.78 is 4.35. The second-order valence-electron chi connectivity index (χ2n) is 4.55. The number of rotatable bonds is 4. The van der Waals surface area contributed by atoms with Gasteiger partial charge in [0.15, 0.2) is 0 Å². The largest absolute Gasteiger partial charge is 0.396 e. The van der Waals surface area contributed by atoms with Crippen molar-refractivity contribution in [2.75, 3.05) is 18.9 Å². The molecule has 7 heteroatoms. The minimum atomic E-state index is -0.413. The number of aliphatic hydroxyl groups is 1. The van der Waals surface area contributed by atoms with E-state index in [1.165, 1.54) is 0 Å². The molecule has 1 aliphatic rings. The van der Waals surface area contributed by atoms with Crippen LogP contribution in [0.4, 0.5) is 5.82 Å². The van der Waals surface area contributed by atoms with E-state index in [4.69, 9.17) is 5.73 Å². The maximum absolute atomic E-state index is 11.7. The molecule has 94 valence electrons. The molecule has 1 aromatic rings. The third-order valence-electron chi connectivity index (χ3n) is 3.35. The van der Waals surface area contributed by atoms with Crippen LogP contribution in [0.5, 0.6) is 0 Å². The van der Waals surface area contributed by atoms with Crippen molar-refractivity contribution in [1.82, 2.24) is 15.6 Å². The van der Waals surface area contributed by atoms with Gasteiger partial charge in [-0.3, -0.25) is 4.79 Å². The lowest BCUT2D eigenvalue weighted by molar-refractivity contribution is 0.0872. The van der Waals surface area contributed by atoms with Crippen LogP contribution in [0, 0.1) is 5.41 Å². The number of nitrogens with two attached hydrogens (primary N) is 1. The molecule has 2 rings (SSSR count). The standard InChI is InChI=1S/C10H16N4O3/c11-8-7(13-17-14-8)9(16)12-5-10(6-15)3-1-2-4-10/h15H,1-6H2,(H2,11,14)(H,12,16). The molecule has 0 saturated heterocycles. The average molecular weight is 240 g/mol. The molecule has 1 heterocycles. The summed E-state index contributed by atoms with van der Waals surface area (Å²) in [6.45, 7) is 0.508. The molecule has 1 aromatic heterocycles. The van der Waals surface area contributed by atoms with Crippen molar-refractivity contribution in [2.45, 2.75) is 25.7 Å². The Morgan fingerprint density at radius 3 is 2.71 bits per heavy atom. The van der Waals surface area contributed by atoms with E-state index in [0.29, 0.717) is 6.54 Å². The summed E-state index contributed by atoms with van der Waals surface area (Å²) >= 11 is 0. The van der Waals surface area contributed by atoms with Crippen molar-refractivity contribution in [3.8, 4) is 0 Å². The SMILES string of the molecule is Nc1nonc1C(=O)NCC1(CO)CCCC1. The fourth-order valence-electron chi connectivity index (χ4n) is 2.22. The number of hydrogen-bond donors (Lipinski definition) is 3. The molecule has 1 aliphatic carbocycles. The second-order valence-corrected chi connectivity index (χ2v) is 4.55. The van der Waals surface area contributed by atoms with E-state index < -0.39 is 5.91 Å². The van der Waals surface area contributed by atoms with Crippen molar-refractivity contribution in [2.24, 2.45) is 5.41 Å². The van der Waals surface area contributed by atoms with Gasteiger partial charge >= 0.3 is 0 Å². The predicted molar refractivity (Wildman–Crippen MR) is 59.0 cm³/mol. The van der Waals surface area contributed by atoms with Gasteiger partial charge in [0.2, 0.25) is 11.5 Å². The van der Waals surface area contributed by atoms with Gasteiger partial charge in [0.25, 0.3) is 5.91 Å².